The smallest absolute Gasteiger partial charge is 0.329 e. The van der Waals surface area contributed by atoms with E-state index in [9.17, 15) is 14.3 Å². The topological polar surface area (TPSA) is 49.3 Å². The second-order valence-corrected chi connectivity index (χ2v) is 6.45. The Hall–Kier alpha value is -1.58. The van der Waals surface area contributed by atoms with Gasteiger partial charge in [-0.05, 0) is 55.4 Å². The van der Waals surface area contributed by atoms with E-state index in [1.165, 1.54) is 12.1 Å². The third-order valence-electron chi connectivity index (χ3n) is 4.70. The maximum absolute atomic E-state index is 13.0. The molecule has 0 aromatic heterocycles. The number of hydrogen-bond donors (Lipinski definition) is 2. The molecule has 2 rings (SSSR count). The summed E-state index contributed by atoms with van der Waals surface area (Å²) in [5.41, 5.74) is -0.261. The van der Waals surface area contributed by atoms with Crippen LogP contribution in [0.1, 0.15) is 46.0 Å². The highest BCUT2D eigenvalue weighted by atomic mass is 19.1. The minimum atomic E-state index is -0.929. The number of carboxylic acid groups (broad SMARTS) is 1. The van der Waals surface area contributed by atoms with E-state index in [1.54, 1.807) is 12.1 Å². The minimum absolute atomic E-state index is 0.314. The Bertz CT molecular complexity index is 486. The van der Waals surface area contributed by atoms with Gasteiger partial charge in [-0.15, -0.1) is 0 Å². The standard InChI is InChI=1S/C17H24FNO2/c1-12(2)13-4-3-10-17(11-9-13,16(20)21)19-15-7-5-14(18)6-8-15/h5-8,12-13,19H,3-4,9-11H2,1-2H3,(H,20,21). The van der Waals surface area contributed by atoms with Gasteiger partial charge in [-0.3, -0.25) is 0 Å². The Morgan fingerprint density at radius 1 is 1.29 bits per heavy atom. The second-order valence-electron chi connectivity index (χ2n) is 6.45. The van der Waals surface area contributed by atoms with E-state index >= 15 is 0 Å². The van der Waals surface area contributed by atoms with Crippen LogP contribution in [0.15, 0.2) is 24.3 Å². The third-order valence-corrected chi connectivity index (χ3v) is 4.70. The molecular formula is C17H24FNO2. The number of carboxylic acids is 1. The van der Waals surface area contributed by atoms with Crippen molar-refractivity contribution in [1.29, 1.82) is 0 Å². The molecule has 21 heavy (non-hydrogen) atoms. The van der Waals surface area contributed by atoms with Crippen LogP contribution in [0.25, 0.3) is 0 Å². The normalized spacial score (nSPS) is 26.4. The van der Waals surface area contributed by atoms with E-state index in [4.69, 9.17) is 0 Å². The number of halogens is 1. The van der Waals surface area contributed by atoms with Gasteiger partial charge >= 0.3 is 5.97 Å². The molecule has 0 aliphatic heterocycles. The molecule has 1 fully saturated rings. The van der Waals surface area contributed by atoms with Crippen LogP contribution < -0.4 is 5.32 Å². The maximum atomic E-state index is 13.0. The summed E-state index contributed by atoms with van der Waals surface area (Å²) in [5.74, 6) is 0.0450. The van der Waals surface area contributed by atoms with Crippen LogP contribution in [0.5, 0.6) is 0 Å². The molecule has 1 saturated carbocycles. The van der Waals surface area contributed by atoms with Gasteiger partial charge in [-0.2, -0.15) is 0 Å². The molecule has 0 amide bonds. The van der Waals surface area contributed by atoms with Gasteiger partial charge in [0.25, 0.3) is 0 Å². The van der Waals surface area contributed by atoms with Gasteiger partial charge in [0, 0.05) is 5.69 Å². The van der Waals surface area contributed by atoms with Crippen molar-refractivity contribution in [3.8, 4) is 0 Å². The van der Waals surface area contributed by atoms with Crippen molar-refractivity contribution in [1.82, 2.24) is 0 Å². The monoisotopic (exact) mass is 293 g/mol. The highest BCUT2D eigenvalue weighted by Gasteiger charge is 2.40. The molecule has 1 aromatic carbocycles. The zero-order chi connectivity index (χ0) is 15.5. The van der Waals surface area contributed by atoms with Gasteiger partial charge in [-0.25, -0.2) is 9.18 Å². The number of nitrogens with one attached hydrogen (secondary N) is 1. The fourth-order valence-electron chi connectivity index (χ4n) is 3.24. The number of aliphatic carboxylic acids is 1. The zero-order valence-corrected chi connectivity index (χ0v) is 12.7. The van der Waals surface area contributed by atoms with Crippen molar-refractivity contribution in [2.75, 3.05) is 5.32 Å². The molecular weight excluding hydrogens is 269 g/mol. The lowest BCUT2D eigenvalue weighted by atomic mass is 9.86. The van der Waals surface area contributed by atoms with Gasteiger partial charge < -0.3 is 10.4 Å². The molecule has 1 aliphatic carbocycles. The van der Waals surface area contributed by atoms with Gasteiger partial charge in [0.2, 0.25) is 0 Å². The summed E-state index contributed by atoms with van der Waals surface area (Å²) in [7, 11) is 0. The second kappa shape index (κ2) is 6.46. The van der Waals surface area contributed by atoms with Crippen LogP contribution in [0, 0.1) is 17.7 Å². The van der Waals surface area contributed by atoms with Crippen LogP contribution in [0.2, 0.25) is 0 Å². The number of carbonyl (C=O) groups is 1. The van der Waals surface area contributed by atoms with Crippen LogP contribution in [0.3, 0.4) is 0 Å². The van der Waals surface area contributed by atoms with E-state index in [0.29, 0.717) is 30.4 Å². The summed E-state index contributed by atoms with van der Waals surface area (Å²) in [6.45, 7) is 4.40. The minimum Gasteiger partial charge on any atom is -0.480 e. The summed E-state index contributed by atoms with van der Waals surface area (Å²) in [4.78, 5) is 11.8. The first-order valence-corrected chi connectivity index (χ1v) is 7.70. The van der Waals surface area contributed by atoms with Crippen molar-refractivity contribution in [2.45, 2.75) is 51.5 Å². The molecule has 0 radical (unpaired) electrons. The molecule has 1 aromatic rings. The molecule has 0 saturated heterocycles. The number of hydrogen-bond acceptors (Lipinski definition) is 2. The molecule has 2 unspecified atom stereocenters. The summed E-state index contributed by atoms with van der Waals surface area (Å²) >= 11 is 0. The molecule has 116 valence electrons. The van der Waals surface area contributed by atoms with Crippen molar-refractivity contribution in [2.24, 2.45) is 11.8 Å². The molecule has 0 heterocycles. The molecule has 3 nitrogen and oxygen atoms in total. The van der Waals surface area contributed by atoms with Crippen LogP contribution in [-0.4, -0.2) is 16.6 Å². The van der Waals surface area contributed by atoms with Crippen molar-refractivity contribution >= 4 is 11.7 Å². The lowest BCUT2D eigenvalue weighted by Crippen LogP contribution is -2.46. The van der Waals surface area contributed by atoms with E-state index in [-0.39, 0.29) is 5.82 Å². The Labute approximate surface area is 125 Å². The molecule has 0 bridgehead atoms. The Kier molecular flexibility index (Phi) is 4.86. The summed E-state index contributed by atoms with van der Waals surface area (Å²) in [5, 5.41) is 12.9. The highest BCUT2D eigenvalue weighted by Crippen LogP contribution is 2.36. The fourth-order valence-corrected chi connectivity index (χ4v) is 3.24. The molecule has 1 aliphatic rings. The largest absolute Gasteiger partial charge is 0.480 e. The van der Waals surface area contributed by atoms with Crippen molar-refractivity contribution < 1.29 is 14.3 Å². The predicted octanol–water partition coefficient (Wildman–Crippen LogP) is 4.30. The quantitative estimate of drug-likeness (QED) is 0.814. The van der Waals surface area contributed by atoms with Gasteiger partial charge in [0.15, 0.2) is 0 Å². The first-order chi connectivity index (χ1) is 9.93. The lowest BCUT2D eigenvalue weighted by Gasteiger charge is -2.31. The van der Waals surface area contributed by atoms with Gasteiger partial charge in [-0.1, -0.05) is 26.7 Å². The zero-order valence-electron chi connectivity index (χ0n) is 12.7. The van der Waals surface area contributed by atoms with E-state index in [2.05, 4.69) is 19.2 Å². The Morgan fingerprint density at radius 3 is 2.52 bits per heavy atom. The van der Waals surface area contributed by atoms with Crippen LogP contribution in [-0.2, 0) is 4.79 Å². The Morgan fingerprint density at radius 2 is 1.95 bits per heavy atom. The fraction of sp³-hybridized carbons (Fsp3) is 0.588. The highest BCUT2D eigenvalue weighted by molar-refractivity contribution is 5.82. The SMILES string of the molecule is CC(C)C1CCCC(Nc2ccc(F)cc2)(C(=O)O)CC1. The molecule has 2 N–H and O–H groups in total. The summed E-state index contributed by atoms with van der Waals surface area (Å²) in [6, 6.07) is 5.91. The molecule has 0 spiro atoms. The molecule has 4 heteroatoms. The maximum Gasteiger partial charge on any atom is 0.329 e. The Balaban J connectivity index is 2.17. The van der Waals surface area contributed by atoms with Gasteiger partial charge in [0.05, 0.1) is 0 Å². The number of benzene rings is 1. The van der Waals surface area contributed by atoms with Crippen molar-refractivity contribution in [3.63, 3.8) is 0 Å². The molecule has 2 atom stereocenters. The van der Waals surface area contributed by atoms with Gasteiger partial charge in [0.1, 0.15) is 11.4 Å². The lowest BCUT2D eigenvalue weighted by molar-refractivity contribution is -0.142. The average molecular weight is 293 g/mol. The first-order valence-electron chi connectivity index (χ1n) is 7.70. The predicted molar refractivity (Wildman–Crippen MR) is 81.8 cm³/mol. The average Bonchev–Trinajstić information content (AvgIpc) is 2.65. The number of rotatable bonds is 4. The van der Waals surface area contributed by atoms with Crippen LogP contribution in [0.4, 0.5) is 10.1 Å². The van der Waals surface area contributed by atoms with Crippen molar-refractivity contribution in [3.05, 3.63) is 30.1 Å². The third kappa shape index (κ3) is 3.74. The summed E-state index contributed by atoms with van der Waals surface area (Å²) < 4.78 is 13.0. The van der Waals surface area contributed by atoms with E-state index in [0.717, 1.165) is 19.3 Å². The number of anilines is 1. The first kappa shape index (κ1) is 15.8. The van der Waals surface area contributed by atoms with E-state index in [1.807, 2.05) is 0 Å². The summed E-state index contributed by atoms with van der Waals surface area (Å²) in [6.07, 6.45) is 4.13. The van der Waals surface area contributed by atoms with Crippen LogP contribution >= 0.6 is 0 Å². The van der Waals surface area contributed by atoms with E-state index < -0.39 is 11.5 Å².